The van der Waals surface area contributed by atoms with Crippen LogP contribution in [0.2, 0.25) is 5.02 Å². The van der Waals surface area contributed by atoms with Gasteiger partial charge in [-0.1, -0.05) is 35.9 Å². The standard InChI is InChI=1S/C23H23ClN4/c24-19-7-10-21-22(15-19)27-23(26-21)18-3-1-16(2-4-18)17-5-8-20(9-6-17)28-13-11-25-12-14-28/h1,3,5-10,15,25H,2,4,11-14H2,(H,26,27). The molecule has 0 atom stereocenters. The Kier molecular flexibility index (Phi) is 4.67. The van der Waals surface area contributed by atoms with Crippen molar-refractivity contribution in [2.75, 3.05) is 31.1 Å². The number of nitrogens with one attached hydrogen (secondary N) is 2. The first kappa shape index (κ1) is 17.5. The Morgan fingerprint density at radius 3 is 2.39 bits per heavy atom. The van der Waals surface area contributed by atoms with E-state index in [-0.39, 0.29) is 0 Å². The molecule has 28 heavy (non-hydrogen) atoms. The average Bonchev–Trinajstić information content (AvgIpc) is 3.18. The maximum absolute atomic E-state index is 6.08. The lowest BCUT2D eigenvalue weighted by Gasteiger charge is -2.29. The van der Waals surface area contributed by atoms with Gasteiger partial charge in [0.15, 0.2) is 0 Å². The molecule has 0 radical (unpaired) electrons. The van der Waals surface area contributed by atoms with E-state index in [9.17, 15) is 0 Å². The van der Waals surface area contributed by atoms with Gasteiger partial charge >= 0.3 is 0 Å². The Morgan fingerprint density at radius 1 is 0.893 bits per heavy atom. The third-order valence-corrected chi connectivity index (χ3v) is 5.85. The molecular formula is C23H23ClN4. The number of aromatic nitrogens is 2. The molecule has 2 aliphatic rings. The van der Waals surface area contributed by atoms with Crippen molar-refractivity contribution in [2.24, 2.45) is 0 Å². The van der Waals surface area contributed by atoms with E-state index >= 15 is 0 Å². The molecule has 5 rings (SSSR count). The number of anilines is 1. The fraction of sp³-hybridized carbons (Fsp3) is 0.261. The summed E-state index contributed by atoms with van der Waals surface area (Å²) in [5.74, 6) is 0.946. The van der Waals surface area contributed by atoms with E-state index in [0.29, 0.717) is 0 Å². The Hall–Kier alpha value is -2.56. The van der Waals surface area contributed by atoms with Crippen LogP contribution in [0.15, 0.2) is 54.6 Å². The molecule has 0 unspecified atom stereocenters. The normalized spacial score (nSPS) is 17.5. The number of benzene rings is 2. The first-order valence-corrected chi connectivity index (χ1v) is 10.3. The summed E-state index contributed by atoms with van der Waals surface area (Å²) in [7, 11) is 0. The van der Waals surface area contributed by atoms with Crippen LogP contribution in [0.5, 0.6) is 0 Å². The summed E-state index contributed by atoms with van der Waals surface area (Å²) >= 11 is 6.08. The van der Waals surface area contributed by atoms with Gasteiger partial charge in [0.1, 0.15) is 5.82 Å². The van der Waals surface area contributed by atoms with Gasteiger partial charge in [-0.25, -0.2) is 4.98 Å². The molecule has 0 saturated carbocycles. The monoisotopic (exact) mass is 390 g/mol. The van der Waals surface area contributed by atoms with Crippen LogP contribution < -0.4 is 10.2 Å². The minimum atomic E-state index is 0.728. The minimum absolute atomic E-state index is 0.728. The Bertz CT molecular complexity index is 1060. The first-order valence-electron chi connectivity index (χ1n) is 9.88. The molecule has 1 aliphatic heterocycles. The van der Waals surface area contributed by atoms with E-state index in [1.807, 2.05) is 18.2 Å². The molecular weight excluding hydrogens is 368 g/mol. The summed E-state index contributed by atoms with van der Waals surface area (Å²) in [6, 6.07) is 14.8. The fourth-order valence-electron chi connectivity index (χ4n) is 4.02. The second kappa shape index (κ2) is 7.46. The number of rotatable bonds is 3. The lowest BCUT2D eigenvalue weighted by atomic mass is 9.93. The lowest BCUT2D eigenvalue weighted by molar-refractivity contribution is 0.589. The van der Waals surface area contributed by atoms with E-state index in [2.05, 4.69) is 51.6 Å². The van der Waals surface area contributed by atoms with Gasteiger partial charge < -0.3 is 15.2 Å². The molecule has 0 amide bonds. The van der Waals surface area contributed by atoms with Crippen molar-refractivity contribution >= 4 is 39.5 Å². The van der Waals surface area contributed by atoms with Gasteiger partial charge in [-0.3, -0.25) is 0 Å². The van der Waals surface area contributed by atoms with Crippen molar-refractivity contribution in [1.29, 1.82) is 0 Å². The minimum Gasteiger partial charge on any atom is -0.369 e. The van der Waals surface area contributed by atoms with Crippen LogP contribution in [0.1, 0.15) is 24.2 Å². The SMILES string of the molecule is Clc1ccc2nc(C3=CC=C(c4ccc(N5CCNCC5)cc4)CC3)[nH]c2c1. The summed E-state index contributed by atoms with van der Waals surface area (Å²) < 4.78 is 0. The second-order valence-corrected chi connectivity index (χ2v) is 7.85. The van der Waals surface area contributed by atoms with Crippen molar-refractivity contribution in [3.8, 4) is 0 Å². The van der Waals surface area contributed by atoms with Crippen molar-refractivity contribution in [2.45, 2.75) is 12.8 Å². The Morgan fingerprint density at radius 2 is 1.64 bits per heavy atom. The summed E-state index contributed by atoms with van der Waals surface area (Å²) in [6.07, 6.45) is 6.44. The van der Waals surface area contributed by atoms with Crippen molar-refractivity contribution in [1.82, 2.24) is 15.3 Å². The van der Waals surface area contributed by atoms with E-state index in [1.165, 1.54) is 22.4 Å². The number of halogens is 1. The van der Waals surface area contributed by atoms with Gasteiger partial charge in [0.05, 0.1) is 11.0 Å². The van der Waals surface area contributed by atoms with Gasteiger partial charge in [-0.2, -0.15) is 0 Å². The lowest BCUT2D eigenvalue weighted by Crippen LogP contribution is -2.43. The van der Waals surface area contributed by atoms with E-state index in [1.54, 1.807) is 0 Å². The predicted molar refractivity (Wildman–Crippen MR) is 118 cm³/mol. The highest BCUT2D eigenvalue weighted by atomic mass is 35.5. The zero-order valence-corrected chi connectivity index (χ0v) is 16.5. The topological polar surface area (TPSA) is 44.0 Å². The van der Waals surface area contributed by atoms with Crippen molar-refractivity contribution in [3.63, 3.8) is 0 Å². The number of H-pyrrole nitrogens is 1. The smallest absolute Gasteiger partial charge is 0.134 e. The molecule has 2 aromatic carbocycles. The van der Waals surface area contributed by atoms with Gasteiger partial charge in [0, 0.05) is 36.9 Å². The Labute approximate surface area is 169 Å². The summed E-state index contributed by atoms with van der Waals surface area (Å²) in [6.45, 7) is 4.29. The average molecular weight is 391 g/mol. The van der Waals surface area contributed by atoms with Crippen LogP contribution in [-0.2, 0) is 0 Å². The molecule has 5 heteroatoms. The van der Waals surface area contributed by atoms with E-state index < -0.39 is 0 Å². The molecule has 0 bridgehead atoms. The number of imidazole rings is 1. The van der Waals surface area contributed by atoms with Crippen LogP contribution in [0, 0.1) is 0 Å². The third-order valence-electron chi connectivity index (χ3n) is 5.62. The van der Waals surface area contributed by atoms with Gasteiger partial charge in [0.2, 0.25) is 0 Å². The highest BCUT2D eigenvalue weighted by molar-refractivity contribution is 6.31. The molecule has 2 heterocycles. The molecule has 1 aliphatic carbocycles. The molecule has 142 valence electrons. The molecule has 1 fully saturated rings. The van der Waals surface area contributed by atoms with Crippen LogP contribution in [-0.4, -0.2) is 36.1 Å². The van der Waals surface area contributed by atoms with Crippen LogP contribution in [0.4, 0.5) is 5.69 Å². The fourth-order valence-corrected chi connectivity index (χ4v) is 4.19. The highest BCUT2D eigenvalue weighted by Gasteiger charge is 2.14. The van der Waals surface area contributed by atoms with Crippen LogP contribution >= 0.6 is 11.6 Å². The number of piperazine rings is 1. The van der Waals surface area contributed by atoms with Gasteiger partial charge in [-0.15, -0.1) is 0 Å². The molecule has 2 N–H and O–H groups in total. The zero-order chi connectivity index (χ0) is 18.9. The molecule has 4 nitrogen and oxygen atoms in total. The Balaban J connectivity index is 1.35. The third kappa shape index (κ3) is 3.46. The van der Waals surface area contributed by atoms with Crippen molar-refractivity contribution in [3.05, 3.63) is 71.0 Å². The highest BCUT2D eigenvalue weighted by Crippen LogP contribution is 2.32. The summed E-state index contributed by atoms with van der Waals surface area (Å²) in [4.78, 5) is 10.6. The van der Waals surface area contributed by atoms with Gasteiger partial charge in [-0.05, 0) is 59.9 Å². The summed E-state index contributed by atoms with van der Waals surface area (Å²) in [5.41, 5.74) is 7.20. The number of hydrogen-bond donors (Lipinski definition) is 2. The van der Waals surface area contributed by atoms with Crippen LogP contribution in [0.25, 0.3) is 22.2 Å². The first-order chi connectivity index (χ1) is 13.8. The van der Waals surface area contributed by atoms with Crippen LogP contribution in [0.3, 0.4) is 0 Å². The largest absolute Gasteiger partial charge is 0.369 e. The van der Waals surface area contributed by atoms with E-state index in [0.717, 1.165) is 60.9 Å². The zero-order valence-electron chi connectivity index (χ0n) is 15.7. The van der Waals surface area contributed by atoms with Crippen molar-refractivity contribution < 1.29 is 0 Å². The molecule has 3 aromatic rings. The maximum atomic E-state index is 6.08. The molecule has 1 saturated heterocycles. The number of hydrogen-bond acceptors (Lipinski definition) is 3. The van der Waals surface area contributed by atoms with Gasteiger partial charge in [0.25, 0.3) is 0 Å². The molecule has 0 spiro atoms. The second-order valence-electron chi connectivity index (χ2n) is 7.41. The number of fused-ring (bicyclic) bond motifs is 1. The van der Waals surface area contributed by atoms with E-state index in [4.69, 9.17) is 16.6 Å². The molecule has 1 aromatic heterocycles. The quantitative estimate of drug-likeness (QED) is 0.669. The predicted octanol–water partition coefficient (Wildman–Crippen LogP) is 4.89. The summed E-state index contributed by atoms with van der Waals surface area (Å²) in [5, 5.41) is 4.13. The number of aromatic amines is 1. The number of nitrogens with zero attached hydrogens (tertiary/aromatic N) is 2. The number of allylic oxidation sites excluding steroid dienone is 4. The maximum Gasteiger partial charge on any atom is 0.134 e.